The second kappa shape index (κ2) is 13.2. The van der Waals surface area contributed by atoms with Crippen LogP contribution in [0.4, 0.5) is 5.13 Å². The normalized spacial score (nSPS) is 12.5. The van der Waals surface area contributed by atoms with Gasteiger partial charge in [-0.05, 0) is 36.8 Å². The van der Waals surface area contributed by atoms with Gasteiger partial charge < -0.3 is 10.4 Å². The number of aromatic nitrogens is 1. The fraction of sp³-hybridized carbons (Fsp3) is 0.333. The Hall–Kier alpha value is -3.23. The zero-order chi connectivity index (χ0) is 26.1. The number of aliphatic carboxylic acids is 1. The number of anilines is 1. The number of nitrogens with one attached hydrogen (secondary N) is 1. The average Bonchev–Trinajstić information content (AvgIpc) is 3.32. The summed E-state index contributed by atoms with van der Waals surface area (Å²) < 4.78 is 0. The van der Waals surface area contributed by atoms with Crippen molar-refractivity contribution in [3.05, 3.63) is 70.6 Å². The quantitative estimate of drug-likeness (QED) is 0.312. The summed E-state index contributed by atoms with van der Waals surface area (Å²) in [6.07, 6.45) is 1.80. The lowest BCUT2D eigenvalue weighted by atomic mass is 9.88. The summed E-state index contributed by atoms with van der Waals surface area (Å²) in [4.78, 5) is 42.0. The molecular weight excluding hydrogens is 498 g/mol. The monoisotopic (exact) mass is 527 g/mol. The molecule has 36 heavy (non-hydrogen) atoms. The summed E-state index contributed by atoms with van der Waals surface area (Å²) in [5, 5.41) is 15.1. The van der Waals surface area contributed by atoms with Crippen LogP contribution in [0.1, 0.15) is 51.0 Å². The van der Waals surface area contributed by atoms with Crippen LogP contribution in [0.3, 0.4) is 0 Å². The molecule has 3 rings (SSSR count). The Kier molecular flexibility index (Phi) is 10.0. The van der Waals surface area contributed by atoms with Crippen LogP contribution in [0, 0.1) is 0 Å². The van der Waals surface area contributed by atoms with Gasteiger partial charge in [-0.1, -0.05) is 60.1 Å². The number of carboxylic acids is 1. The summed E-state index contributed by atoms with van der Waals surface area (Å²) in [6.45, 7) is 3.18. The highest BCUT2D eigenvalue weighted by Gasteiger charge is 2.24. The van der Waals surface area contributed by atoms with Crippen LogP contribution in [0.5, 0.6) is 0 Å². The molecule has 0 aliphatic carbocycles. The van der Waals surface area contributed by atoms with Crippen LogP contribution in [-0.4, -0.2) is 40.5 Å². The van der Waals surface area contributed by atoms with Gasteiger partial charge in [-0.25, -0.2) is 4.98 Å². The molecule has 0 aliphatic heterocycles. The molecule has 0 radical (unpaired) electrons. The third kappa shape index (κ3) is 7.90. The van der Waals surface area contributed by atoms with Gasteiger partial charge in [0.05, 0.1) is 5.69 Å². The molecule has 1 heterocycles. The molecule has 2 amide bonds. The number of nitrogens with zero attached hydrogens (tertiary/aromatic N) is 2. The van der Waals surface area contributed by atoms with Crippen LogP contribution in [0.15, 0.2) is 60.0 Å². The number of rotatable bonds is 12. The lowest BCUT2D eigenvalue weighted by Crippen LogP contribution is -2.45. The number of carboxylic acid groups (broad SMARTS) is 1. The van der Waals surface area contributed by atoms with E-state index in [1.807, 2.05) is 53.9 Å². The van der Waals surface area contributed by atoms with Gasteiger partial charge in [-0.2, -0.15) is 0 Å². The van der Waals surface area contributed by atoms with Gasteiger partial charge in [0.2, 0.25) is 11.8 Å². The van der Waals surface area contributed by atoms with E-state index in [-0.39, 0.29) is 36.7 Å². The van der Waals surface area contributed by atoms with Crippen molar-refractivity contribution in [2.24, 2.45) is 0 Å². The van der Waals surface area contributed by atoms with E-state index in [2.05, 4.69) is 10.3 Å². The SMILES string of the molecule is CC(=O)N[C@H](CC[C@@H](CCC(=O)O)c1ccccc1)CN(C(C)=O)c1nc(-c2ccccc2Cl)cs1. The highest BCUT2D eigenvalue weighted by atomic mass is 35.5. The van der Waals surface area contributed by atoms with Gasteiger partial charge in [0.15, 0.2) is 5.13 Å². The minimum Gasteiger partial charge on any atom is -0.481 e. The molecule has 7 nitrogen and oxygen atoms in total. The van der Waals surface area contributed by atoms with Crippen LogP contribution in [0.25, 0.3) is 11.3 Å². The van der Waals surface area contributed by atoms with Crippen molar-refractivity contribution >= 4 is 45.9 Å². The van der Waals surface area contributed by atoms with E-state index in [1.54, 1.807) is 11.0 Å². The number of hydrogen-bond donors (Lipinski definition) is 2. The number of benzene rings is 2. The predicted molar refractivity (Wildman–Crippen MR) is 143 cm³/mol. The van der Waals surface area contributed by atoms with Gasteiger partial charge in [0, 0.05) is 48.8 Å². The highest BCUT2D eigenvalue weighted by molar-refractivity contribution is 7.14. The molecule has 0 fully saturated rings. The van der Waals surface area contributed by atoms with E-state index < -0.39 is 5.97 Å². The van der Waals surface area contributed by atoms with Gasteiger partial charge >= 0.3 is 5.97 Å². The molecule has 0 unspecified atom stereocenters. The second-order valence-corrected chi connectivity index (χ2v) is 9.88. The van der Waals surface area contributed by atoms with Crippen LogP contribution in [-0.2, 0) is 14.4 Å². The van der Waals surface area contributed by atoms with Gasteiger partial charge in [-0.15, -0.1) is 11.3 Å². The van der Waals surface area contributed by atoms with Crippen molar-refractivity contribution in [1.29, 1.82) is 0 Å². The molecule has 0 saturated carbocycles. The van der Waals surface area contributed by atoms with E-state index in [0.717, 1.165) is 11.1 Å². The van der Waals surface area contributed by atoms with Crippen LogP contribution < -0.4 is 10.2 Å². The molecule has 0 aliphatic rings. The molecule has 1 aromatic heterocycles. The molecular formula is C27H30ClN3O4S. The lowest BCUT2D eigenvalue weighted by Gasteiger charge is -2.27. The van der Waals surface area contributed by atoms with Crippen LogP contribution >= 0.6 is 22.9 Å². The first-order valence-electron chi connectivity index (χ1n) is 11.8. The van der Waals surface area contributed by atoms with Crippen LogP contribution in [0.2, 0.25) is 5.02 Å². The van der Waals surface area contributed by atoms with Crippen molar-refractivity contribution in [3.8, 4) is 11.3 Å². The maximum absolute atomic E-state index is 12.6. The van der Waals surface area contributed by atoms with E-state index in [9.17, 15) is 19.5 Å². The highest BCUT2D eigenvalue weighted by Crippen LogP contribution is 2.32. The van der Waals surface area contributed by atoms with E-state index in [4.69, 9.17) is 11.6 Å². The van der Waals surface area contributed by atoms with E-state index >= 15 is 0 Å². The molecule has 2 N–H and O–H groups in total. The molecule has 2 aromatic carbocycles. The topological polar surface area (TPSA) is 99.6 Å². The average molecular weight is 528 g/mol. The van der Waals surface area contributed by atoms with Crippen molar-refractivity contribution in [3.63, 3.8) is 0 Å². The first kappa shape index (κ1) is 27.4. The number of halogens is 1. The van der Waals surface area contributed by atoms with Gasteiger partial charge in [-0.3, -0.25) is 19.3 Å². The Bertz CT molecular complexity index is 1180. The maximum Gasteiger partial charge on any atom is 0.303 e. The third-order valence-electron chi connectivity index (χ3n) is 5.90. The molecule has 190 valence electrons. The number of amides is 2. The zero-order valence-electron chi connectivity index (χ0n) is 20.3. The summed E-state index contributed by atoms with van der Waals surface area (Å²) >= 11 is 7.66. The predicted octanol–water partition coefficient (Wildman–Crippen LogP) is 5.75. The fourth-order valence-electron chi connectivity index (χ4n) is 4.14. The minimum atomic E-state index is -0.838. The number of carbonyl (C=O) groups is 3. The minimum absolute atomic E-state index is 0.0241. The number of hydrogen-bond acceptors (Lipinski definition) is 5. The van der Waals surface area contributed by atoms with Crippen molar-refractivity contribution in [2.75, 3.05) is 11.4 Å². The molecule has 0 spiro atoms. The summed E-state index contributed by atoms with van der Waals surface area (Å²) in [6, 6.07) is 16.8. The molecule has 9 heteroatoms. The van der Waals surface area contributed by atoms with E-state index in [1.165, 1.54) is 25.2 Å². The Balaban J connectivity index is 1.77. The standard InChI is InChI=1S/C27H30ClN3O4S/c1-18(32)29-22(14-12-21(13-15-26(34)35)20-8-4-3-5-9-20)16-31(19(2)33)27-30-25(17-36-27)23-10-6-7-11-24(23)28/h3-11,17,21-22H,12-16H2,1-2H3,(H,29,32)(H,34,35)/t21-,22+/m0/s1. The summed E-state index contributed by atoms with van der Waals surface area (Å²) in [5.74, 6) is -1.19. The molecule has 0 bridgehead atoms. The first-order chi connectivity index (χ1) is 17.2. The number of thiazole rings is 1. The second-order valence-electron chi connectivity index (χ2n) is 8.64. The smallest absolute Gasteiger partial charge is 0.303 e. The van der Waals surface area contributed by atoms with Crippen molar-refractivity contribution < 1.29 is 19.5 Å². The van der Waals surface area contributed by atoms with Crippen molar-refractivity contribution in [2.45, 2.75) is 51.5 Å². The molecule has 2 atom stereocenters. The summed E-state index contributed by atoms with van der Waals surface area (Å²) in [5.41, 5.74) is 2.53. The Morgan fingerprint density at radius 1 is 1.03 bits per heavy atom. The third-order valence-corrected chi connectivity index (χ3v) is 7.10. The van der Waals surface area contributed by atoms with Gasteiger partial charge in [0.25, 0.3) is 0 Å². The largest absolute Gasteiger partial charge is 0.481 e. The van der Waals surface area contributed by atoms with E-state index in [0.29, 0.717) is 35.1 Å². The molecule has 0 saturated heterocycles. The first-order valence-corrected chi connectivity index (χ1v) is 13.0. The molecule has 3 aromatic rings. The Morgan fingerprint density at radius 3 is 2.36 bits per heavy atom. The Labute approximate surface area is 220 Å². The fourth-order valence-corrected chi connectivity index (χ4v) is 5.25. The number of carbonyl (C=O) groups excluding carboxylic acids is 2. The Morgan fingerprint density at radius 2 is 1.72 bits per heavy atom. The lowest BCUT2D eigenvalue weighted by molar-refractivity contribution is -0.137. The zero-order valence-corrected chi connectivity index (χ0v) is 21.9. The summed E-state index contributed by atoms with van der Waals surface area (Å²) in [7, 11) is 0. The van der Waals surface area contributed by atoms with Crippen molar-refractivity contribution in [1.82, 2.24) is 10.3 Å². The maximum atomic E-state index is 12.6. The van der Waals surface area contributed by atoms with Gasteiger partial charge in [0.1, 0.15) is 0 Å².